The average molecular weight is 1830 g/mol. The Morgan fingerprint density at radius 2 is 0.704 bits per heavy atom. The van der Waals surface area contributed by atoms with E-state index < -0.39 is 203 Å². The van der Waals surface area contributed by atoms with Gasteiger partial charge >= 0.3 is 12.2 Å². The number of ether oxygens (including phenoxy) is 2. The van der Waals surface area contributed by atoms with Gasteiger partial charge in [-0.3, -0.25) is 24.5 Å². The summed E-state index contributed by atoms with van der Waals surface area (Å²) in [5, 5.41) is 162. The largest absolute Gasteiger partial charge is 0.449 e. The number of carbonyl (C=O) groups is 6. The number of nitrogens with one attached hydrogen (secondary N) is 1. The molecule has 8 atom stereocenters. The van der Waals surface area contributed by atoms with Crippen molar-refractivity contribution in [3.63, 3.8) is 0 Å². The van der Waals surface area contributed by atoms with Crippen LogP contribution in [0.15, 0.2) is 6.07 Å². The lowest BCUT2D eigenvalue weighted by Gasteiger charge is -2.30. The summed E-state index contributed by atoms with van der Waals surface area (Å²) < 4.78 is 11.4. The predicted molar refractivity (Wildman–Crippen MR) is 332 cm³/mol. The number of halogens is 6. The van der Waals surface area contributed by atoms with Crippen LogP contribution in [0.1, 0.15) is 47.9 Å². The summed E-state index contributed by atoms with van der Waals surface area (Å²) in [6, 6.07) is 1.16. The first-order valence-electron chi connectivity index (χ1n) is 23.9. The number of hydrogen-bond acceptors (Lipinski definition) is 24. The molecule has 0 heterocycles. The molecule has 8 unspecified atom stereocenters. The number of nitrogens with zero attached hydrogens (tertiary/aromatic N) is 5. The molecule has 30 nitrogen and oxygen atoms in total. The van der Waals surface area contributed by atoms with E-state index in [4.69, 9.17) is 9.47 Å². The summed E-state index contributed by atoms with van der Waals surface area (Å²) in [6.45, 7) is -12.3. The van der Waals surface area contributed by atoms with Crippen molar-refractivity contribution in [2.75, 3.05) is 127 Å². The zero-order valence-electron chi connectivity index (χ0n) is 42.6. The molecule has 0 radical (unpaired) electrons. The van der Waals surface area contributed by atoms with Crippen LogP contribution in [0.4, 0.5) is 21.0 Å². The minimum Gasteiger partial charge on any atom is -0.449 e. The topological polar surface area (TPSA) is 473 Å². The van der Waals surface area contributed by atoms with Gasteiger partial charge in [0.1, 0.15) is 0 Å². The molecule has 460 valence electrons. The maximum Gasteiger partial charge on any atom is 0.423 e. The molecular formula is C45H64I6N6O24. The molecule has 2 rings (SSSR count). The number of anilines is 2. The third-order valence-corrected chi connectivity index (χ3v) is 17.4. The molecule has 0 bridgehead atoms. The van der Waals surface area contributed by atoms with Gasteiger partial charge in [0.2, 0.25) is 0 Å². The van der Waals surface area contributed by atoms with Gasteiger partial charge in [-0.25, -0.2) is 12.7 Å². The fraction of sp³-hybridized carbons (Fsp3) is 0.600. The fourth-order valence-corrected chi connectivity index (χ4v) is 14.7. The summed E-state index contributed by atoms with van der Waals surface area (Å²) >= 11 is 9.84. The van der Waals surface area contributed by atoms with E-state index in [-0.39, 0.29) is 57.9 Å². The van der Waals surface area contributed by atoms with E-state index in [9.17, 15) is 110 Å². The zero-order valence-corrected chi connectivity index (χ0v) is 55.5. The lowest BCUT2D eigenvalue weighted by molar-refractivity contribution is 0.0203. The highest BCUT2D eigenvalue weighted by molar-refractivity contribution is 14.1. The van der Waals surface area contributed by atoms with Crippen LogP contribution in [-0.2, 0) is 9.47 Å². The molecule has 0 aliphatic rings. The van der Waals surface area contributed by atoms with Crippen molar-refractivity contribution >= 4 is 183 Å². The van der Waals surface area contributed by atoms with Gasteiger partial charge in [-0.2, -0.15) is 0 Å². The van der Waals surface area contributed by atoms with Crippen LogP contribution >= 0.6 is 136 Å². The molecule has 0 aromatic heterocycles. The Labute approximate surface area is 545 Å². The molecule has 81 heavy (non-hydrogen) atoms. The quantitative estimate of drug-likeness (QED) is 0.0182. The van der Waals surface area contributed by atoms with Gasteiger partial charge in [-0.1, -0.05) is 0 Å². The third kappa shape index (κ3) is 22.7. The lowest BCUT2D eigenvalue weighted by Crippen LogP contribution is -2.46. The highest BCUT2D eigenvalue weighted by Crippen LogP contribution is 2.39. The SMILES string of the molecule is O=C(Nc1c(I)c(C(=O)N(CC(O)CO)CC(O)CO)c(I)c(C(=O)N(CC(O)CO)CC(O)CO)c1I)OCCCOC(=O)N(I)c1cc(C(=O)N(CC(O)CO)CC(O)CO)c(I)c(C(=O)N(CC(O)CO)CC(O)CO)c1I. The first-order valence-corrected chi connectivity index (χ1v) is 30.3. The van der Waals surface area contributed by atoms with Gasteiger partial charge < -0.3 is 111 Å². The first kappa shape index (κ1) is 75.7. The van der Waals surface area contributed by atoms with Gasteiger partial charge in [0, 0.05) is 65.9 Å². The zero-order chi connectivity index (χ0) is 61.6. The van der Waals surface area contributed by atoms with Crippen LogP contribution in [0.2, 0.25) is 0 Å². The summed E-state index contributed by atoms with van der Waals surface area (Å²) in [6.07, 6.45) is -14.9. The van der Waals surface area contributed by atoms with Gasteiger partial charge in [0.15, 0.2) is 0 Å². The second-order valence-corrected chi connectivity index (χ2v) is 23.9. The van der Waals surface area contributed by atoms with Crippen molar-refractivity contribution < 1.29 is 120 Å². The Kier molecular flexibility index (Phi) is 35.5. The Hall–Kier alpha value is -1.40. The number of rotatable bonds is 34. The molecule has 17 N–H and O–H groups in total. The van der Waals surface area contributed by atoms with Crippen LogP contribution < -0.4 is 8.43 Å². The normalized spacial score (nSPS) is 14.4. The van der Waals surface area contributed by atoms with Gasteiger partial charge in [0.25, 0.3) is 23.6 Å². The Bertz CT molecular complexity index is 2310. The van der Waals surface area contributed by atoms with Crippen molar-refractivity contribution in [3.05, 3.63) is 46.2 Å². The summed E-state index contributed by atoms with van der Waals surface area (Å²) in [4.78, 5) is 88.3. The molecule has 2 aromatic carbocycles. The van der Waals surface area contributed by atoms with E-state index >= 15 is 0 Å². The van der Waals surface area contributed by atoms with E-state index in [1.54, 1.807) is 113 Å². The fourth-order valence-electron chi connectivity index (χ4n) is 7.04. The third-order valence-electron chi connectivity index (χ3n) is 11.0. The first-order chi connectivity index (χ1) is 38.1. The molecular weight excluding hydrogens is 1770 g/mol. The van der Waals surface area contributed by atoms with Crippen LogP contribution in [0, 0.1) is 17.9 Å². The summed E-state index contributed by atoms with van der Waals surface area (Å²) in [7, 11) is 0. The molecule has 6 amide bonds. The van der Waals surface area contributed by atoms with E-state index in [0.717, 1.165) is 28.8 Å². The monoisotopic (exact) mass is 1830 g/mol. The number of amides is 6. The maximum absolute atomic E-state index is 14.4. The van der Waals surface area contributed by atoms with Crippen molar-refractivity contribution in [1.29, 1.82) is 0 Å². The maximum atomic E-state index is 14.4. The molecule has 0 aliphatic heterocycles. The molecule has 0 fully saturated rings. The van der Waals surface area contributed by atoms with Crippen molar-refractivity contribution in [1.82, 2.24) is 19.6 Å². The molecule has 36 heteroatoms. The van der Waals surface area contributed by atoms with E-state index in [2.05, 4.69) is 5.32 Å². The van der Waals surface area contributed by atoms with Crippen LogP contribution in [0.3, 0.4) is 0 Å². The standard InChI is InChI=1S/C45H64I6N6O24/c46-34-29(40(74)53(5-21(66)13-58)6-22(67)14-59)4-30(35(47)31(34)41(75)54(7-23(68)15-60)8-24(69)16-61)57(51)45(79)81-3-1-2-80-44(78)52-39-37(49)32(42(76)55(9-25(70)17-62)10-26(71)18-63)36(48)33(38(39)50)43(77)56(11-27(72)19-64)12-28(73)20-65/h4,21-28,58-73H,1-3,5-20H2,(H,52,78). The smallest absolute Gasteiger partial charge is 0.423 e. The Balaban J connectivity index is 2.63. The van der Waals surface area contributed by atoms with Crippen molar-refractivity contribution in [2.24, 2.45) is 0 Å². The molecule has 2 aromatic rings. The van der Waals surface area contributed by atoms with E-state index in [1.165, 1.54) is 22.9 Å². The second-order valence-electron chi connectivity index (χ2n) is 17.6. The molecule has 0 saturated carbocycles. The number of hydrogen-bond donors (Lipinski definition) is 17. The van der Waals surface area contributed by atoms with Crippen LogP contribution in [-0.4, -0.2) is 304 Å². The van der Waals surface area contributed by atoms with Crippen molar-refractivity contribution in [2.45, 2.75) is 55.3 Å². The summed E-state index contributed by atoms with van der Waals surface area (Å²) in [5.41, 5.74) is -1.63. The van der Waals surface area contributed by atoms with Crippen LogP contribution in [0.5, 0.6) is 0 Å². The second kappa shape index (κ2) is 38.0. The van der Waals surface area contributed by atoms with E-state index in [1.807, 2.05) is 0 Å². The lowest BCUT2D eigenvalue weighted by atomic mass is 10.1. The van der Waals surface area contributed by atoms with Gasteiger partial charge in [-0.05, 0) is 119 Å². The Morgan fingerprint density at radius 1 is 0.420 bits per heavy atom. The van der Waals surface area contributed by atoms with Gasteiger partial charge in [0.05, 0.1) is 182 Å². The number of aliphatic hydroxyl groups excluding tert-OH is 16. The van der Waals surface area contributed by atoms with Crippen LogP contribution in [0.25, 0.3) is 0 Å². The molecule has 0 spiro atoms. The highest BCUT2D eigenvalue weighted by Gasteiger charge is 2.37. The molecule has 0 aliphatic carbocycles. The molecule has 0 saturated heterocycles. The number of carbonyl (C=O) groups excluding carboxylic acids is 6. The van der Waals surface area contributed by atoms with Gasteiger partial charge in [-0.15, -0.1) is 0 Å². The number of aliphatic hydroxyl groups is 16. The number of benzene rings is 2. The highest BCUT2D eigenvalue weighted by atomic mass is 127. The van der Waals surface area contributed by atoms with Crippen molar-refractivity contribution in [3.8, 4) is 0 Å². The average Bonchev–Trinajstić information content (AvgIpc) is 3.44. The summed E-state index contributed by atoms with van der Waals surface area (Å²) in [5.74, 6) is -3.90. The predicted octanol–water partition coefficient (Wildman–Crippen LogP) is -3.76. The van der Waals surface area contributed by atoms with E-state index in [0.29, 0.717) is 0 Å². The minimum atomic E-state index is -1.55. The minimum absolute atomic E-state index is 0.0183. The Morgan fingerprint density at radius 3 is 1.01 bits per heavy atom.